The van der Waals surface area contributed by atoms with Crippen LogP contribution < -0.4 is 10.2 Å². The average Bonchev–Trinajstić information content (AvgIpc) is 2.57. The van der Waals surface area contributed by atoms with Crippen LogP contribution in [0.25, 0.3) is 0 Å². The third kappa shape index (κ3) is 3.94. The zero-order chi connectivity index (χ0) is 17.1. The molecular weight excluding hydrogens is 345 g/mol. The molecule has 1 N–H and O–H groups in total. The van der Waals surface area contributed by atoms with Crippen molar-refractivity contribution in [2.24, 2.45) is 0 Å². The van der Waals surface area contributed by atoms with Gasteiger partial charge in [-0.3, -0.25) is 0 Å². The van der Waals surface area contributed by atoms with Crippen LogP contribution in [0.5, 0.6) is 0 Å². The maximum atomic E-state index is 12.4. The van der Waals surface area contributed by atoms with Gasteiger partial charge in [0.1, 0.15) is 0 Å². The van der Waals surface area contributed by atoms with Gasteiger partial charge in [-0.1, -0.05) is 23.2 Å². The van der Waals surface area contributed by atoms with Crippen LogP contribution in [0.4, 0.5) is 16.2 Å². The molecule has 0 atom stereocenters. The Kier molecular flexibility index (Phi) is 5.17. The Labute approximate surface area is 152 Å². The number of hydrogen-bond donors (Lipinski definition) is 1. The topological polar surface area (TPSA) is 35.6 Å². The van der Waals surface area contributed by atoms with E-state index in [1.165, 1.54) is 5.69 Å². The number of amides is 2. The second-order valence-electron chi connectivity index (χ2n) is 5.84. The van der Waals surface area contributed by atoms with Gasteiger partial charge in [-0.15, -0.1) is 0 Å². The lowest BCUT2D eigenvalue weighted by Gasteiger charge is -2.36. The van der Waals surface area contributed by atoms with E-state index in [-0.39, 0.29) is 6.03 Å². The molecule has 0 aromatic heterocycles. The SMILES string of the molecule is Cc1cc(Cl)ccc1N1CCN(C(=O)Nc2ccc(Cl)cc2)CC1. The number of benzene rings is 2. The number of aryl methyl sites for hydroxylation is 1. The molecule has 2 amide bonds. The second-order valence-corrected chi connectivity index (χ2v) is 6.71. The van der Waals surface area contributed by atoms with Crippen molar-refractivity contribution in [2.75, 3.05) is 36.4 Å². The van der Waals surface area contributed by atoms with Crippen LogP contribution in [0.3, 0.4) is 0 Å². The quantitative estimate of drug-likeness (QED) is 0.842. The van der Waals surface area contributed by atoms with E-state index < -0.39 is 0 Å². The van der Waals surface area contributed by atoms with E-state index in [1.807, 2.05) is 23.1 Å². The Morgan fingerprint density at radius 2 is 1.58 bits per heavy atom. The minimum Gasteiger partial charge on any atom is -0.368 e. The maximum Gasteiger partial charge on any atom is 0.321 e. The molecule has 1 heterocycles. The Hall–Kier alpha value is -1.91. The molecule has 2 aromatic rings. The van der Waals surface area contributed by atoms with Crippen LogP contribution >= 0.6 is 23.2 Å². The van der Waals surface area contributed by atoms with Gasteiger partial charge in [0, 0.05) is 47.6 Å². The number of nitrogens with zero attached hydrogens (tertiary/aromatic N) is 2. The van der Waals surface area contributed by atoms with Gasteiger partial charge in [0.15, 0.2) is 0 Å². The summed E-state index contributed by atoms with van der Waals surface area (Å²) in [6, 6.07) is 13.0. The van der Waals surface area contributed by atoms with E-state index in [1.54, 1.807) is 24.3 Å². The van der Waals surface area contributed by atoms with Crippen LogP contribution in [0.1, 0.15) is 5.56 Å². The standard InChI is InChI=1S/C18H19Cl2N3O/c1-13-12-15(20)4-7-17(13)22-8-10-23(11-9-22)18(24)21-16-5-2-14(19)3-6-16/h2-7,12H,8-11H2,1H3,(H,21,24). The van der Waals surface area contributed by atoms with Crippen LogP contribution in [0.2, 0.25) is 10.0 Å². The van der Waals surface area contributed by atoms with Crippen molar-refractivity contribution in [3.05, 3.63) is 58.1 Å². The van der Waals surface area contributed by atoms with Crippen LogP contribution in [0.15, 0.2) is 42.5 Å². The fourth-order valence-corrected chi connectivity index (χ4v) is 3.21. The monoisotopic (exact) mass is 363 g/mol. The number of hydrogen-bond acceptors (Lipinski definition) is 2. The zero-order valence-electron chi connectivity index (χ0n) is 13.4. The third-order valence-corrected chi connectivity index (χ3v) is 4.65. The summed E-state index contributed by atoms with van der Waals surface area (Å²) in [7, 11) is 0. The smallest absolute Gasteiger partial charge is 0.321 e. The van der Waals surface area contributed by atoms with Gasteiger partial charge in [0.25, 0.3) is 0 Å². The Morgan fingerprint density at radius 1 is 0.958 bits per heavy atom. The lowest BCUT2D eigenvalue weighted by Crippen LogP contribution is -2.50. The van der Waals surface area contributed by atoms with E-state index in [0.717, 1.165) is 29.4 Å². The molecule has 24 heavy (non-hydrogen) atoms. The molecule has 3 rings (SSSR count). The summed E-state index contributed by atoms with van der Waals surface area (Å²) >= 11 is 11.9. The molecule has 0 unspecified atom stereocenters. The first-order chi connectivity index (χ1) is 11.5. The summed E-state index contributed by atoms with van der Waals surface area (Å²) in [5.74, 6) is 0. The third-order valence-electron chi connectivity index (χ3n) is 4.16. The molecular formula is C18H19Cl2N3O. The largest absolute Gasteiger partial charge is 0.368 e. The number of piperazine rings is 1. The second kappa shape index (κ2) is 7.32. The van der Waals surface area contributed by atoms with Gasteiger partial charge in [-0.05, 0) is 55.0 Å². The molecule has 1 aliphatic rings. The number of carbonyl (C=O) groups excluding carboxylic acids is 1. The summed E-state index contributed by atoms with van der Waals surface area (Å²) in [5.41, 5.74) is 3.08. The van der Waals surface area contributed by atoms with E-state index in [4.69, 9.17) is 23.2 Å². The van der Waals surface area contributed by atoms with Gasteiger partial charge < -0.3 is 15.1 Å². The lowest BCUT2D eigenvalue weighted by atomic mass is 10.1. The first-order valence-electron chi connectivity index (χ1n) is 7.85. The normalized spacial score (nSPS) is 14.6. The van der Waals surface area contributed by atoms with Crippen molar-refractivity contribution in [3.63, 3.8) is 0 Å². The fourth-order valence-electron chi connectivity index (χ4n) is 2.86. The minimum atomic E-state index is -0.0789. The van der Waals surface area contributed by atoms with Gasteiger partial charge >= 0.3 is 6.03 Å². The van der Waals surface area contributed by atoms with Crippen LogP contribution in [-0.2, 0) is 0 Å². The zero-order valence-corrected chi connectivity index (χ0v) is 14.9. The molecule has 1 aliphatic heterocycles. The highest BCUT2D eigenvalue weighted by atomic mass is 35.5. The summed E-state index contributed by atoms with van der Waals surface area (Å²) in [6.07, 6.45) is 0. The maximum absolute atomic E-state index is 12.4. The summed E-state index contributed by atoms with van der Waals surface area (Å²) in [5, 5.41) is 4.30. The molecule has 1 saturated heterocycles. The molecule has 0 radical (unpaired) electrons. The molecule has 6 heteroatoms. The molecule has 2 aromatic carbocycles. The fraction of sp³-hybridized carbons (Fsp3) is 0.278. The van der Waals surface area contributed by atoms with Crippen molar-refractivity contribution < 1.29 is 4.79 Å². The first-order valence-corrected chi connectivity index (χ1v) is 8.61. The number of anilines is 2. The number of urea groups is 1. The number of rotatable bonds is 2. The minimum absolute atomic E-state index is 0.0789. The van der Waals surface area contributed by atoms with Crippen LogP contribution in [-0.4, -0.2) is 37.1 Å². The van der Waals surface area contributed by atoms with E-state index >= 15 is 0 Å². The molecule has 4 nitrogen and oxygen atoms in total. The molecule has 0 saturated carbocycles. The first kappa shape index (κ1) is 16.9. The number of nitrogens with one attached hydrogen (secondary N) is 1. The van der Waals surface area contributed by atoms with Crippen molar-refractivity contribution in [3.8, 4) is 0 Å². The predicted octanol–water partition coefficient (Wildman–Crippen LogP) is 4.66. The van der Waals surface area contributed by atoms with E-state index in [9.17, 15) is 4.79 Å². The lowest BCUT2D eigenvalue weighted by molar-refractivity contribution is 0.208. The molecule has 0 aliphatic carbocycles. The molecule has 0 spiro atoms. The average molecular weight is 364 g/mol. The predicted molar refractivity (Wildman–Crippen MR) is 100 cm³/mol. The van der Waals surface area contributed by atoms with E-state index in [0.29, 0.717) is 18.1 Å². The highest BCUT2D eigenvalue weighted by Gasteiger charge is 2.22. The highest BCUT2D eigenvalue weighted by molar-refractivity contribution is 6.31. The Balaban J connectivity index is 1.58. The summed E-state index contributed by atoms with van der Waals surface area (Å²) in [6.45, 7) is 5.02. The van der Waals surface area contributed by atoms with Crippen molar-refractivity contribution in [1.82, 2.24) is 4.90 Å². The molecule has 126 valence electrons. The van der Waals surface area contributed by atoms with Gasteiger partial charge in [-0.25, -0.2) is 4.79 Å². The van der Waals surface area contributed by atoms with E-state index in [2.05, 4.69) is 17.1 Å². The Morgan fingerprint density at radius 3 is 2.21 bits per heavy atom. The molecule has 1 fully saturated rings. The molecule has 0 bridgehead atoms. The number of halogens is 2. The summed E-state index contributed by atoms with van der Waals surface area (Å²) < 4.78 is 0. The van der Waals surface area contributed by atoms with Crippen molar-refractivity contribution >= 4 is 40.6 Å². The Bertz CT molecular complexity index is 726. The van der Waals surface area contributed by atoms with Crippen LogP contribution in [0, 0.1) is 6.92 Å². The number of carbonyl (C=O) groups is 1. The highest BCUT2D eigenvalue weighted by Crippen LogP contribution is 2.24. The summed E-state index contributed by atoms with van der Waals surface area (Å²) in [4.78, 5) is 16.5. The van der Waals surface area contributed by atoms with Gasteiger partial charge in [-0.2, -0.15) is 0 Å². The van der Waals surface area contributed by atoms with Gasteiger partial charge in [0.05, 0.1) is 0 Å². The van der Waals surface area contributed by atoms with Crippen molar-refractivity contribution in [2.45, 2.75) is 6.92 Å². The van der Waals surface area contributed by atoms with Gasteiger partial charge in [0.2, 0.25) is 0 Å². The van der Waals surface area contributed by atoms with Crippen molar-refractivity contribution in [1.29, 1.82) is 0 Å².